The summed E-state index contributed by atoms with van der Waals surface area (Å²) < 4.78 is 5.73. The number of rotatable bonds is 4. The van der Waals surface area contributed by atoms with E-state index in [0.717, 1.165) is 5.69 Å². The molecule has 0 unspecified atom stereocenters. The van der Waals surface area contributed by atoms with Crippen molar-refractivity contribution in [2.24, 2.45) is 0 Å². The largest absolute Gasteiger partial charge is 0.478 e. The predicted molar refractivity (Wildman–Crippen MR) is 81.7 cm³/mol. The van der Waals surface area contributed by atoms with Gasteiger partial charge in [0, 0.05) is 18.1 Å². The zero-order chi connectivity index (χ0) is 14.8. The van der Waals surface area contributed by atoms with Crippen LogP contribution in [0.1, 0.15) is 16.1 Å². The molecule has 0 spiro atoms. The molecule has 4 nitrogen and oxygen atoms in total. The number of anilines is 1. The third-order valence-corrected chi connectivity index (χ3v) is 3.46. The van der Waals surface area contributed by atoms with Crippen molar-refractivity contribution in [3.63, 3.8) is 0 Å². The van der Waals surface area contributed by atoms with E-state index in [4.69, 9.17) is 4.42 Å². The van der Waals surface area contributed by atoms with Crippen LogP contribution in [0.2, 0.25) is 0 Å². The van der Waals surface area contributed by atoms with Gasteiger partial charge in [0.05, 0.1) is 6.54 Å². The maximum Gasteiger partial charge on any atom is 0.339 e. The van der Waals surface area contributed by atoms with Crippen molar-refractivity contribution in [1.82, 2.24) is 0 Å². The number of aromatic carboxylic acids is 1. The highest BCUT2D eigenvalue weighted by Crippen LogP contribution is 2.27. The Hall–Kier alpha value is -2.75. The SMILES string of the molecule is CN(Cc1oc2ccccc2c1C(=O)O)c1ccccc1. The molecule has 1 N–H and O–H groups in total. The highest BCUT2D eigenvalue weighted by atomic mass is 16.4. The van der Waals surface area contributed by atoms with Crippen molar-refractivity contribution in [2.75, 3.05) is 11.9 Å². The maximum atomic E-state index is 11.5. The number of furan rings is 1. The Bertz CT molecular complexity index is 777. The molecular weight excluding hydrogens is 266 g/mol. The minimum atomic E-state index is -0.962. The summed E-state index contributed by atoms with van der Waals surface area (Å²) >= 11 is 0. The van der Waals surface area contributed by atoms with E-state index in [-0.39, 0.29) is 5.56 Å². The van der Waals surface area contributed by atoms with Gasteiger partial charge in [-0.05, 0) is 18.2 Å². The van der Waals surface area contributed by atoms with Gasteiger partial charge < -0.3 is 14.4 Å². The zero-order valence-electron chi connectivity index (χ0n) is 11.6. The van der Waals surface area contributed by atoms with E-state index >= 15 is 0 Å². The minimum absolute atomic E-state index is 0.244. The molecule has 0 saturated carbocycles. The topological polar surface area (TPSA) is 53.7 Å². The second-order valence-corrected chi connectivity index (χ2v) is 4.89. The van der Waals surface area contributed by atoms with E-state index in [0.29, 0.717) is 23.3 Å². The van der Waals surface area contributed by atoms with Gasteiger partial charge in [0.2, 0.25) is 0 Å². The first-order chi connectivity index (χ1) is 10.2. The van der Waals surface area contributed by atoms with E-state index in [9.17, 15) is 9.90 Å². The van der Waals surface area contributed by atoms with Crippen LogP contribution in [0.3, 0.4) is 0 Å². The molecule has 0 radical (unpaired) electrons. The average molecular weight is 281 g/mol. The van der Waals surface area contributed by atoms with E-state index in [1.807, 2.05) is 54.4 Å². The van der Waals surface area contributed by atoms with Crippen molar-refractivity contribution in [1.29, 1.82) is 0 Å². The summed E-state index contributed by atoms with van der Waals surface area (Å²) in [7, 11) is 1.91. The van der Waals surface area contributed by atoms with Crippen molar-refractivity contribution in [3.8, 4) is 0 Å². The summed E-state index contributed by atoms with van der Waals surface area (Å²) in [5.74, 6) is -0.494. The molecule has 1 heterocycles. The number of benzene rings is 2. The van der Waals surface area contributed by atoms with Gasteiger partial charge in [0.1, 0.15) is 16.9 Å². The lowest BCUT2D eigenvalue weighted by molar-refractivity contribution is 0.0696. The molecule has 0 aliphatic carbocycles. The number of nitrogens with zero attached hydrogens (tertiary/aromatic N) is 1. The lowest BCUT2D eigenvalue weighted by atomic mass is 10.1. The Morgan fingerprint density at radius 2 is 1.76 bits per heavy atom. The summed E-state index contributed by atoms with van der Waals surface area (Å²) in [4.78, 5) is 13.5. The van der Waals surface area contributed by atoms with E-state index in [2.05, 4.69) is 0 Å². The quantitative estimate of drug-likeness (QED) is 0.791. The number of carbonyl (C=O) groups is 1. The van der Waals surface area contributed by atoms with Crippen LogP contribution in [0.25, 0.3) is 11.0 Å². The smallest absolute Gasteiger partial charge is 0.339 e. The standard InChI is InChI=1S/C17H15NO3/c1-18(12-7-3-2-4-8-12)11-15-16(17(19)20)13-9-5-6-10-14(13)21-15/h2-10H,11H2,1H3,(H,19,20). The van der Waals surface area contributed by atoms with Crippen LogP contribution in [0, 0.1) is 0 Å². The average Bonchev–Trinajstić information content (AvgIpc) is 2.86. The fourth-order valence-electron chi connectivity index (χ4n) is 2.43. The van der Waals surface area contributed by atoms with Gasteiger partial charge in [0.15, 0.2) is 0 Å². The van der Waals surface area contributed by atoms with Crippen LogP contribution < -0.4 is 4.90 Å². The van der Waals surface area contributed by atoms with Gasteiger partial charge in [-0.2, -0.15) is 0 Å². The Morgan fingerprint density at radius 3 is 2.48 bits per heavy atom. The van der Waals surface area contributed by atoms with Crippen LogP contribution >= 0.6 is 0 Å². The van der Waals surface area contributed by atoms with Gasteiger partial charge >= 0.3 is 5.97 Å². The third kappa shape index (κ3) is 2.48. The van der Waals surface area contributed by atoms with Gasteiger partial charge in [-0.3, -0.25) is 0 Å². The molecule has 0 aliphatic rings. The minimum Gasteiger partial charge on any atom is -0.478 e. The molecule has 1 aromatic heterocycles. The molecular formula is C17H15NO3. The molecule has 0 amide bonds. The lowest BCUT2D eigenvalue weighted by Gasteiger charge is -2.18. The predicted octanol–water partition coefficient (Wildman–Crippen LogP) is 3.77. The van der Waals surface area contributed by atoms with Gasteiger partial charge in [-0.1, -0.05) is 36.4 Å². The molecule has 0 fully saturated rings. The Morgan fingerprint density at radius 1 is 1.10 bits per heavy atom. The van der Waals surface area contributed by atoms with Crippen molar-refractivity contribution in [2.45, 2.75) is 6.54 Å². The number of carboxylic acid groups (broad SMARTS) is 1. The number of hydrogen-bond acceptors (Lipinski definition) is 3. The summed E-state index contributed by atoms with van der Waals surface area (Å²) in [5, 5.41) is 10.1. The summed E-state index contributed by atoms with van der Waals surface area (Å²) in [6, 6.07) is 17.0. The number of hydrogen-bond donors (Lipinski definition) is 1. The molecule has 0 bridgehead atoms. The van der Waals surface area contributed by atoms with Crippen molar-refractivity contribution < 1.29 is 14.3 Å². The number of fused-ring (bicyclic) bond motifs is 1. The molecule has 4 heteroatoms. The third-order valence-electron chi connectivity index (χ3n) is 3.46. The molecule has 106 valence electrons. The Kier molecular flexibility index (Phi) is 3.36. The van der Waals surface area contributed by atoms with E-state index in [1.54, 1.807) is 12.1 Å². The van der Waals surface area contributed by atoms with Crippen molar-refractivity contribution in [3.05, 3.63) is 65.9 Å². The van der Waals surface area contributed by atoms with Crippen LogP contribution in [-0.2, 0) is 6.54 Å². The monoisotopic (exact) mass is 281 g/mol. The maximum absolute atomic E-state index is 11.5. The second kappa shape index (κ2) is 5.32. The fraction of sp³-hybridized carbons (Fsp3) is 0.118. The van der Waals surface area contributed by atoms with E-state index in [1.165, 1.54) is 0 Å². The Labute approximate surface area is 122 Å². The summed E-state index contributed by atoms with van der Waals surface area (Å²) in [6.07, 6.45) is 0. The van der Waals surface area contributed by atoms with Crippen molar-refractivity contribution >= 4 is 22.6 Å². The van der Waals surface area contributed by atoms with Gasteiger partial charge in [-0.25, -0.2) is 4.79 Å². The molecule has 0 saturated heterocycles. The van der Waals surface area contributed by atoms with Crippen LogP contribution in [0.15, 0.2) is 59.0 Å². The second-order valence-electron chi connectivity index (χ2n) is 4.89. The highest BCUT2D eigenvalue weighted by molar-refractivity contribution is 6.03. The molecule has 0 atom stereocenters. The lowest BCUT2D eigenvalue weighted by Crippen LogP contribution is -2.17. The van der Waals surface area contributed by atoms with Crippen LogP contribution in [0.5, 0.6) is 0 Å². The van der Waals surface area contributed by atoms with Crippen LogP contribution in [-0.4, -0.2) is 18.1 Å². The summed E-state index contributed by atoms with van der Waals surface area (Å²) in [5.41, 5.74) is 1.86. The van der Waals surface area contributed by atoms with Gasteiger partial charge in [0.25, 0.3) is 0 Å². The number of para-hydroxylation sites is 2. The number of carboxylic acids is 1. The summed E-state index contributed by atoms with van der Waals surface area (Å²) in [6.45, 7) is 0.403. The van der Waals surface area contributed by atoms with E-state index < -0.39 is 5.97 Å². The normalized spacial score (nSPS) is 10.7. The molecule has 0 aliphatic heterocycles. The highest BCUT2D eigenvalue weighted by Gasteiger charge is 2.20. The fourth-order valence-corrected chi connectivity index (χ4v) is 2.43. The first kappa shape index (κ1) is 13.2. The first-order valence-corrected chi connectivity index (χ1v) is 6.66. The van der Waals surface area contributed by atoms with Gasteiger partial charge in [-0.15, -0.1) is 0 Å². The molecule has 3 rings (SSSR count). The molecule has 21 heavy (non-hydrogen) atoms. The van der Waals surface area contributed by atoms with Crippen LogP contribution in [0.4, 0.5) is 5.69 Å². The Balaban J connectivity index is 2.00. The zero-order valence-corrected chi connectivity index (χ0v) is 11.6. The first-order valence-electron chi connectivity index (χ1n) is 6.66. The molecule has 3 aromatic rings. The molecule has 2 aromatic carbocycles.